The molecule has 8 heavy (non-hydrogen) atoms. The van der Waals surface area contributed by atoms with Crippen LogP contribution in [0, 0.1) is 0 Å². The van der Waals surface area contributed by atoms with Gasteiger partial charge in [-0.05, 0) is 0 Å². The average Bonchev–Trinajstić information content (AvgIpc) is 2.17. The van der Waals surface area contributed by atoms with Crippen molar-refractivity contribution in [2.75, 3.05) is 0 Å². The topological polar surface area (TPSA) is 27.0 Å². The van der Waals surface area contributed by atoms with Crippen LogP contribution < -0.4 is 4.98 Å². The molecule has 0 saturated heterocycles. The van der Waals surface area contributed by atoms with Crippen LogP contribution in [0.2, 0.25) is 0 Å². The molecular formula is C3H3I2N2V-. The van der Waals surface area contributed by atoms with Crippen LogP contribution in [-0.2, 0) is 9.47 Å². The molecule has 0 saturated carbocycles. The molecule has 0 fully saturated rings. The molecule has 5 heteroatoms. The Morgan fingerprint density at radius 2 is 2.12 bits per heavy atom. The molecule has 0 aliphatic rings. The molecule has 0 spiro atoms. The molecule has 45 valence electrons. The Kier molecular flexibility index (Phi) is 9.55. The predicted molar refractivity (Wildman–Crippen MR) is 45.6 cm³/mol. The van der Waals surface area contributed by atoms with Crippen LogP contribution in [0.4, 0.5) is 0 Å². The number of nitrogens with zero attached hydrogens (tertiary/aromatic N) is 2. The summed E-state index contributed by atoms with van der Waals surface area (Å²) in [6.07, 6.45) is 4.78. The zero-order valence-corrected chi connectivity index (χ0v) is 9.54. The molecule has 0 atom stereocenters. The average molecular weight is 372 g/mol. The summed E-state index contributed by atoms with van der Waals surface area (Å²) in [4.78, 5) is 7.22. The summed E-state index contributed by atoms with van der Waals surface area (Å²) in [7, 11) is 0.628. The molecule has 0 aliphatic carbocycles. The first-order chi connectivity index (χ1) is 3.91. The minimum absolute atomic E-state index is 0.628. The van der Waals surface area contributed by atoms with E-state index in [4.69, 9.17) is 0 Å². The molecule has 2 nitrogen and oxygen atoms in total. The van der Waals surface area contributed by atoms with Crippen molar-refractivity contribution in [1.29, 1.82) is 0 Å². The van der Waals surface area contributed by atoms with Crippen LogP contribution in [0.5, 0.6) is 0 Å². The summed E-state index contributed by atoms with van der Waals surface area (Å²) in [5.74, 6) is 0. The van der Waals surface area contributed by atoms with Gasteiger partial charge in [0, 0.05) is 0 Å². The van der Waals surface area contributed by atoms with Gasteiger partial charge in [0.1, 0.15) is 0 Å². The number of hydrogen-bond donors (Lipinski definition) is 0. The summed E-state index contributed by atoms with van der Waals surface area (Å²) in [5.41, 5.74) is 0. The first-order valence-electron chi connectivity index (χ1n) is 1.70. The Bertz CT molecular complexity index is 82.2. The summed E-state index contributed by atoms with van der Waals surface area (Å²) in [6.45, 7) is 0. The second-order valence-electron chi connectivity index (χ2n) is 0.776. The largest absolute Gasteiger partial charge is 0.450 e. The zero-order chi connectivity index (χ0) is 6.24. The van der Waals surface area contributed by atoms with E-state index in [9.17, 15) is 0 Å². The summed E-state index contributed by atoms with van der Waals surface area (Å²) >= 11 is 4.74. The first-order valence-corrected chi connectivity index (χ1v) is 10.7. The van der Waals surface area contributed by atoms with Gasteiger partial charge in [0.25, 0.3) is 0 Å². The maximum atomic E-state index is 3.61. The van der Waals surface area contributed by atoms with E-state index in [1.54, 1.807) is 12.4 Å². The fraction of sp³-hybridized carbons (Fsp3) is 0. The Morgan fingerprint density at radius 1 is 1.50 bits per heavy atom. The smallest absolute Gasteiger partial charge is 0.0843 e. The molecule has 0 aliphatic heterocycles. The molecule has 1 rings (SSSR count). The minimum atomic E-state index is 0.628. The molecule has 0 unspecified atom stereocenters. The third kappa shape index (κ3) is 7.25. The molecule has 0 N–H and O–H groups in total. The van der Waals surface area contributed by atoms with Crippen LogP contribution in [0.3, 0.4) is 0 Å². The molecule has 1 aromatic heterocycles. The van der Waals surface area contributed by atoms with Crippen molar-refractivity contribution in [1.82, 2.24) is 9.97 Å². The number of rotatable bonds is 0. The van der Waals surface area contributed by atoms with Gasteiger partial charge in [-0.1, -0.05) is 18.7 Å². The number of halogens is 2. The van der Waals surface area contributed by atoms with E-state index in [0.29, 0.717) is 9.47 Å². The summed E-state index contributed by atoms with van der Waals surface area (Å²) in [5, 5.41) is 0. The van der Waals surface area contributed by atoms with Gasteiger partial charge in [0.05, 0.1) is 0 Å². The van der Waals surface area contributed by atoms with E-state index in [-0.39, 0.29) is 0 Å². The van der Waals surface area contributed by atoms with Crippen molar-refractivity contribution in [3.8, 4) is 0 Å². The van der Waals surface area contributed by atoms with Crippen LogP contribution >= 0.6 is 40.0 Å². The minimum Gasteiger partial charge on any atom is -0.450 e. The molecular weight excluding hydrogens is 369 g/mol. The molecule has 0 radical (unpaired) electrons. The number of hydrogen-bond acceptors (Lipinski definition) is 1. The SMILES string of the molecule is [I][V][I].c1c[n-]cn1. The van der Waals surface area contributed by atoms with Crippen molar-refractivity contribution in [3.05, 3.63) is 18.7 Å². The summed E-state index contributed by atoms with van der Waals surface area (Å²) in [6, 6.07) is 0. The Labute approximate surface area is 77.1 Å². The Balaban J connectivity index is 0.000000145. The molecule has 1 aromatic rings. The van der Waals surface area contributed by atoms with Gasteiger partial charge in [-0.25, -0.2) is 0 Å². The molecule has 0 bridgehead atoms. The molecule has 0 amide bonds. The van der Waals surface area contributed by atoms with Gasteiger partial charge in [0.15, 0.2) is 0 Å². The van der Waals surface area contributed by atoms with Crippen LogP contribution in [0.25, 0.3) is 0 Å². The van der Waals surface area contributed by atoms with Gasteiger partial charge in [-0.2, -0.15) is 0 Å². The Hall–Kier alpha value is 1.25. The zero-order valence-electron chi connectivity index (χ0n) is 3.83. The first kappa shape index (κ1) is 9.25. The van der Waals surface area contributed by atoms with Crippen molar-refractivity contribution >= 4 is 40.0 Å². The van der Waals surface area contributed by atoms with E-state index in [1.165, 1.54) is 6.33 Å². The van der Waals surface area contributed by atoms with Crippen LogP contribution in [0.1, 0.15) is 0 Å². The Morgan fingerprint density at radius 3 is 2.25 bits per heavy atom. The maximum Gasteiger partial charge on any atom is -0.0843 e. The molecule has 0 aromatic carbocycles. The van der Waals surface area contributed by atoms with E-state index in [2.05, 4.69) is 49.9 Å². The second-order valence-corrected chi connectivity index (χ2v) is 12.6. The fourth-order valence-electron chi connectivity index (χ4n) is 0.192. The maximum absolute atomic E-state index is 3.61. The normalized spacial score (nSPS) is 6.75. The quantitative estimate of drug-likeness (QED) is 0.650. The van der Waals surface area contributed by atoms with E-state index >= 15 is 0 Å². The number of aromatic nitrogens is 2. The van der Waals surface area contributed by atoms with E-state index in [0.717, 1.165) is 0 Å². The van der Waals surface area contributed by atoms with Crippen LogP contribution in [-0.4, -0.2) is 4.98 Å². The van der Waals surface area contributed by atoms with Crippen LogP contribution in [0.15, 0.2) is 18.7 Å². The second kappa shape index (κ2) is 8.25. The third-order valence-electron chi connectivity index (χ3n) is 0.372. The van der Waals surface area contributed by atoms with Gasteiger partial charge >= 0.3 is 49.4 Å². The van der Waals surface area contributed by atoms with E-state index < -0.39 is 0 Å². The van der Waals surface area contributed by atoms with Crippen molar-refractivity contribution in [3.63, 3.8) is 0 Å². The third-order valence-corrected chi connectivity index (χ3v) is 0.372. The standard InChI is InChI=1S/C3H3N2.2HI.V/c1-2-5-3-4-1;;;/h1-3H;2*1H;/q-1;;;+2/p-2. The molecule has 1 heterocycles. The van der Waals surface area contributed by atoms with Gasteiger partial charge < -0.3 is 9.97 Å². The fourth-order valence-corrected chi connectivity index (χ4v) is 0.192. The monoisotopic (exact) mass is 372 g/mol. The van der Waals surface area contributed by atoms with Crippen molar-refractivity contribution in [2.24, 2.45) is 0 Å². The van der Waals surface area contributed by atoms with Crippen molar-refractivity contribution < 1.29 is 9.47 Å². The van der Waals surface area contributed by atoms with Gasteiger partial charge in [0.2, 0.25) is 0 Å². The summed E-state index contributed by atoms with van der Waals surface area (Å²) < 4.78 is 0. The van der Waals surface area contributed by atoms with Gasteiger partial charge in [-0.15, -0.1) is 0 Å². The predicted octanol–water partition coefficient (Wildman–Crippen LogP) is 1.81. The van der Waals surface area contributed by atoms with E-state index in [1.807, 2.05) is 0 Å². The van der Waals surface area contributed by atoms with Gasteiger partial charge in [-0.3, -0.25) is 0 Å². The van der Waals surface area contributed by atoms with Crippen molar-refractivity contribution in [2.45, 2.75) is 0 Å². The number of imidazole rings is 1.